The van der Waals surface area contributed by atoms with Crippen LogP contribution in [-0.4, -0.2) is 15.3 Å². The van der Waals surface area contributed by atoms with Crippen LogP contribution in [0.4, 0.5) is 0 Å². The SMILES string of the molecule is CC#CCCC(NCCC)c1cnsn1. The van der Waals surface area contributed by atoms with Gasteiger partial charge < -0.3 is 5.32 Å². The first-order valence-corrected chi connectivity index (χ1v) is 6.02. The van der Waals surface area contributed by atoms with Crippen LogP contribution in [0.2, 0.25) is 0 Å². The van der Waals surface area contributed by atoms with Crippen molar-refractivity contribution in [3.63, 3.8) is 0 Å². The van der Waals surface area contributed by atoms with Gasteiger partial charge >= 0.3 is 0 Å². The van der Waals surface area contributed by atoms with Gasteiger partial charge in [0.25, 0.3) is 0 Å². The minimum absolute atomic E-state index is 0.310. The molecule has 1 unspecified atom stereocenters. The van der Waals surface area contributed by atoms with Crippen LogP contribution >= 0.6 is 11.7 Å². The average molecular weight is 223 g/mol. The van der Waals surface area contributed by atoms with Crippen molar-refractivity contribution in [2.24, 2.45) is 0 Å². The van der Waals surface area contributed by atoms with Gasteiger partial charge in [-0.15, -0.1) is 11.8 Å². The van der Waals surface area contributed by atoms with Crippen molar-refractivity contribution < 1.29 is 0 Å². The van der Waals surface area contributed by atoms with E-state index in [-0.39, 0.29) is 0 Å². The van der Waals surface area contributed by atoms with Crippen LogP contribution in [-0.2, 0) is 0 Å². The predicted octanol–water partition coefficient (Wildman–Crippen LogP) is 2.38. The Labute approximate surface area is 95.6 Å². The lowest BCUT2D eigenvalue weighted by atomic mass is 10.1. The van der Waals surface area contributed by atoms with Crippen molar-refractivity contribution >= 4 is 11.7 Å². The van der Waals surface area contributed by atoms with E-state index in [1.165, 1.54) is 11.7 Å². The van der Waals surface area contributed by atoms with E-state index in [1.54, 1.807) is 0 Å². The molecule has 0 spiro atoms. The van der Waals surface area contributed by atoms with Crippen LogP contribution in [0, 0.1) is 11.8 Å². The molecule has 0 aromatic carbocycles. The summed E-state index contributed by atoms with van der Waals surface area (Å²) in [5, 5.41) is 3.47. The molecule has 15 heavy (non-hydrogen) atoms. The summed E-state index contributed by atoms with van der Waals surface area (Å²) < 4.78 is 8.30. The fraction of sp³-hybridized carbons (Fsp3) is 0.636. The highest BCUT2D eigenvalue weighted by molar-refractivity contribution is 6.99. The summed E-state index contributed by atoms with van der Waals surface area (Å²) in [6, 6.07) is 0.310. The molecule has 0 amide bonds. The molecule has 0 aliphatic heterocycles. The van der Waals surface area contributed by atoms with Crippen molar-refractivity contribution in [2.75, 3.05) is 6.54 Å². The van der Waals surface area contributed by atoms with Gasteiger partial charge in [0, 0.05) is 6.42 Å². The molecular weight excluding hydrogens is 206 g/mol. The van der Waals surface area contributed by atoms with Crippen molar-refractivity contribution in [2.45, 2.75) is 39.2 Å². The molecule has 3 nitrogen and oxygen atoms in total. The van der Waals surface area contributed by atoms with Gasteiger partial charge in [-0.2, -0.15) is 8.75 Å². The Bertz CT molecular complexity index is 310. The highest BCUT2D eigenvalue weighted by atomic mass is 32.1. The smallest absolute Gasteiger partial charge is 0.0912 e. The van der Waals surface area contributed by atoms with Crippen molar-refractivity contribution in [1.29, 1.82) is 0 Å². The van der Waals surface area contributed by atoms with Gasteiger partial charge in [0.1, 0.15) is 0 Å². The van der Waals surface area contributed by atoms with Gasteiger partial charge in [-0.1, -0.05) is 6.92 Å². The summed E-state index contributed by atoms with van der Waals surface area (Å²) >= 11 is 1.26. The summed E-state index contributed by atoms with van der Waals surface area (Å²) in [5.74, 6) is 6.00. The highest BCUT2D eigenvalue weighted by Gasteiger charge is 2.12. The molecule has 0 saturated carbocycles. The Morgan fingerprint density at radius 2 is 2.47 bits per heavy atom. The van der Waals surface area contributed by atoms with E-state index in [0.717, 1.165) is 31.5 Å². The zero-order valence-electron chi connectivity index (χ0n) is 9.29. The quantitative estimate of drug-likeness (QED) is 0.752. The number of hydrogen-bond donors (Lipinski definition) is 1. The second-order valence-electron chi connectivity index (χ2n) is 3.30. The van der Waals surface area contributed by atoms with Crippen molar-refractivity contribution in [3.8, 4) is 11.8 Å². The Hall–Kier alpha value is -0.920. The first kappa shape index (κ1) is 12.2. The van der Waals surface area contributed by atoms with E-state index < -0.39 is 0 Å². The number of nitrogens with one attached hydrogen (secondary N) is 1. The highest BCUT2D eigenvalue weighted by Crippen LogP contribution is 2.16. The van der Waals surface area contributed by atoms with Crippen LogP contribution in [0.3, 0.4) is 0 Å². The Morgan fingerprint density at radius 3 is 3.07 bits per heavy atom. The third kappa shape index (κ3) is 4.41. The lowest BCUT2D eigenvalue weighted by Crippen LogP contribution is -2.22. The molecule has 82 valence electrons. The Morgan fingerprint density at radius 1 is 1.60 bits per heavy atom. The molecule has 1 aromatic heterocycles. The Kier molecular flexibility index (Phi) is 5.98. The van der Waals surface area contributed by atoms with Gasteiger partial charge in [0.05, 0.1) is 29.7 Å². The van der Waals surface area contributed by atoms with Gasteiger partial charge in [-0.3, -0.25) is 0 Å². The van der Waals surface area contributed by atoms with E-state index in [9.17, 15) is 0 Å². The molecule has 1 N–H and O–H groups in total. The molecule has 0 saturated heterocycles. The summed E-state index contributed by atoms with van der Waals surface area (Å²) in [7, 11) is 0. The van der Waals surface area contributed by atoms with Crippen LogP contribution in [0.25, 0.3) is 0 Å². The normalized spacial score (nSPS) is 11.9. The van der Waals surface area contributed by atoms with Gasteiger partial charge in [-0.25, -0.2) is 0 Å². The predicted molar refractivity (Wildman–Crippen MR) is 63.6 cm³/mol. The summed E-state index contributed by atoms with van der Waals surface area (Å²) in [6.07, 6.45) is 4.90. The standard InChI is InChI=1S/C11H17N3S/c1-3-5-6-7-10(12-8-4-2)11-9-13-15-14-11/h9-10,12H,4,6-8H2,1-2H3. The minimum atomic E-state index is 0.310. The third-order valence-electron chi connectivity index (χ3n) is 2.11. The molecule has 0 bridgehead atoms. The molecule has 4 heteroatoms. The third-order valence-corrected chi connectivity index (χ3v) is 2.60. The zero-order valence-corrected chi connectivity index (χ0v) is 10.1. The molecule has 0 radical (unpaired) electrons. The van der Waals surface area contributed by atoms with Crippen LogP contribution in [0.5, 0.6) is 0 Å². The number of rotatable bonds is 6. The fourth-order valence-electron chi connectivity index (χ4n) is 1.34. The maximum atomic E-state index is 4.27. The molecule has 0 fully saturated rings. The van der Waals surface area contributed by atoms with E-state index in [4.69, 9.17) is 0 Å². The summed E-state index contributed by atoms with van der Waals surface area (Å²) in [4.78, 5) is 0. The molecule has 1 heterocycles. The second kappa shape index (κ2) is 7.38. The number of aromatic nitrogens is 2. The largest absolute Gasteiger partial charge is 0.309 e. The summed E-state index contributed by atoms with van der Waals surface area (Å²) in [5.41, 5.74) is 1.05. The minimum Gasteiger partial charge on any atom is -0.309 e. The van der Waals surface area contributed by atoms with Crippen molar-refractivity contribution in [1.82, 2.24) is 14.1 Å². The Balaban J connectivity index is 2.48. The number of nitrogens with zero attached hydrogens (tertiary/aromatic N) is 2. The first-order chi connectivity index (χ1) is 7.38. The summed E-state index contributed by atoms with van der Waals surface area (Å²) in [6.45, 7) is 5.05. The van der Waals surface area contributed by atoms with E-state index in [1.807, 2.05) is 13.1 Å². The lowest BCUT2D eigenvalue weighted by Gasteiger charge is -2.14. The molecule has 0 aliphatic rings. The maximum Gasteiger partial charge on any atom is 0.0912 e. The maximum absolute atomic E-state index is 4.27. The molecule has 1 aromatic rings. The average Bonchev–Trinajstić information content (AvgIpc) is 2.76. The molecular formula is C11H17N3S. The topological polar surface area (TPSA) is 37.8 Å². The zero-order chi connectivity index (χ0) is 10.9. The van der Waals surface area contributed by atoms with Crippen LogP contribution < -0.4 is 5.32 Å². The first-order valence-electron chi connectivity index (χ1n) is 5.29. The second-order valence-corrected chi connectivity index (χ2v) is 3.86. The van der Waals surface area contributed by atoms with E-state index >= 15 is 0 Å². The van der Waals surface area contributed by atoms with Crippen molar-refractivity contribution in [3.05, 3.63) is 11.9 Å². The molecule has 1 atom stereocenters. The number of hydrogen-bond acceptors (Lipinski definition) is 4. The fourth-order valence-corrected chi connectivity index (χ4v) is 1.81. The van der Waals surface area contributed by atoms with Gasteiger partial charge in [0.2, 0.25) is 0 Å². The van der Waals surface area contributed by atoms with Crippen LogP contribution in [0.15, 0.2) is 6.20 Å². The molecule has 1 rings (SSSR count). The van der Waals surface area contributed by atoms with E-state index in [0.29, 0.717) is 6.04 Å². The molecule has 0 aliphatic carbocycles. The van der Waals surface area contributed by atoms with Crippen LogP contribution in [0.1, 0.15) is 44.8 Å². The van der Waals surface area contributed by atoms with Gasteiger partial charge in [0.15, 0.2) is 0 Å². The van der Waals surface area contributed by atoms with Gasteiger partial charge in [-0.05, 0) is 26.3 Å². The van der Waals surface area contributed by atoms with E-state index in [2.05, 4.69) is 32.8 Å². The monoisotopic (exact) mass is 223 g/mol. The lowest BCUT2D eigenvalue weighted by molar-refractivity contribution is 0.497.